The number of hydrogen-bond donors (Lipinski definition) is 10. The quantitative estimate of drug-likeness (QED) is 0.206. The van der Waals surface area contributed by atoms with E-state index in [0.29, 0.717) is 0 Å². The lowest BCUT2D eigenvalue weighted by atomic mass is 9.99. The molecule has 27 heavy (non-hydrogen) atoms. The van der Waals surface area contributed by atoms with Gasteiger partial charge in [-0.3, -0.25) is 0 Å². The molecule has 0 unspecified atom stereocenters. The summed E-state index contributed by atoms with van der Waals surface area (Å²) in [4.78, 5) is 9.00. The molecule has 2 heterocycles. The Hall–Kier alpha value is -1.17. The highest BCUT2D eigenvalue weighted by atomic mass is 16.8. The number of carbonyl (C=O) groups is 1. The maximum atomic E-state index is 10.00. The van der Waals surface area contributed by atoms with Crippen LogP contribution in [-0.4, -0.2) is 122 Å². The van der Waals surface area contributed by atoms with E-state index in [2.05, 4.69) is 11.5 Å². The molecule has 2 saturated heterocycles. The van der Waals surface area contributed by atoms with Crippen LogP contribution in [-0.2, 0) is 14.2 Å². The lowest BCUT2D eigenvalue weighted by molar-refractivity contribution is -0.383. The van der Waals surface area contributed by atoms with Crippen LogP contribution in [0.15, 0.2) is 0 Å². The summed E-state index contributed by atoms with van der Waals surface area (Å²) in [6.45, 7) is -2.32. The smallest absolute Gasteiger partial charge is 0.309 e. The minimum atomic E-state index is -2.22. The third kappa shape index (κ3) is 5.21. The van der Waals surface area contributed by atoms with Crippen LogP contribution in [0.1, 0.15) is 0 Å². The summed E-state index contributed by atoms with van der Waals surface area (Å²) in [6.07, 6.45) is -12.7. The fraction of sp³-hybridized carbons (Fsp3) is 0.923. The standard InChI is InChI=1S/C12H22O11.CH4N2O/c13-1-4-6(16)8(18)9(19)11(21-4)23-12(3-15)10(20)7(17)5(2-14)22-12;2-1(3)4/h4-11,13-20H,1-3H2;(H4,2,3,4)/t4-,5-,6-,7-,8+,9-,10+,11-,12+;/m1./s1. The van der Waals surface area contributed by atoms with Gasteiger partial charge in [-0.2, -0.15) is 0 Å². The van der Waals surface area contributed by atoms with Gasteiger partial charge in [-0.15, -0.1) is 0 Å². The molecule has 9 atom stereocenters. The largest absolute Gasteiger partial charge is 0.394 e. The second kappa shape index (κ2) is 9.85. The minimum Gasteiger partial charge on any atom is -0.394 e. The second-order valence-electron chi connectivity index (χ2n) is 5.96. The summed E-state index contributed by atoms with van der Waals surface area (Å²) in [5.41, 5.74) is 8.50. The maximum absolute atomic E-state index is 10.00. The fourth-order valence-electron chi connectivity index (χ4n) is 2.63. The average molecular weight is 402 g/mol. The third-order valence-electron chi connectivity index (χ3n) is 4.07. The van der Waals surface area contributed by atoms with Crippen molar-refractivity contribution in [1.82, 2.24) is 0 Å². The van der Waals surface area contributed by atoms with Gasteiger partial charge in [-0.05, 0) is 0 Å². The van der Waals surface area contributed by atoms with Gasteiger partial charge in [0.2, 0.25) is 5.79 Å². The Morgan fingerprint density at radius 2 is 1.41 bits per heavy atom. The molecule has 160 valence electrons. The lowest BCUT2D eigenvalue weighted by Crippen LogP contribution is -2.62. The van der Waals surface area contributed by atoms with Crippen molar-refractivity contribution in [3.63, 3.8) is 0 Å². The first-order chi connectivity index (χ1) is 12.5. The van der Waals surface area contributed by atoms with Crippen LogP contribution >= 0.6 is 0 Å². The van der Waals surface area contributed by atoms with Crippen molar-refractivity contribution in [3.05, 3.63) is 0 Å². The number of urea groups is 1. The SMILES string of the molecule is NC(N)=O.OC[C@H]1O[C@@](CO)(O[C@H]2O[C@H](CO)[C@@H](O)[C@H](O)[C@H]2O)[C@@H](O)[C@@H]1O. The Balaban J connectivity index is 0.000000828. The Morgan fingerprint density at radius 3 is 1.81 bits per heavy atom. The topological polar surface area (TPSA) is 259 Å². The van der Waals surface area contributed by atoms with Gasteiger partial charge < -0.3 is 66.5 Å². The zero-order valence-electron chi connectivity index (χ0n) is 14.1. The van der Waals surface area contributed by atoms with Crippen LogP contribution < -0.4 is 11.5 Å². The molecule has 0 aromatic carbocycles. The highest BCUT2D eigenvalue weighted by Gasteiger charge is 2.58. The number of hydrogen-bond acceptors (Lipinski definition) is 12. The predicted molar refractivity (Wildman–Crippen MR) is 82.4 cm³/mol. The van der Waals surface area contributed by atoms with Gasteiger partial charge in [0.25, 0.3) is 0 Å². The van der Waals surface area contributed by atoms with Gasteiger partial charge in [0.1, 0.15) is 49.3 Å². The first kappa shape index (κ1) is 23.9. The van der Waals surface area contributed by atoms with E-state index in [-0.39, 0.29) is 0 Å². The predicted octanol–water partition coefficient (Wildman–Crippen LogP) is -6.37. The van der Waals surface area contributed by atoms with Crippen molar-refractivity contribution in [3.8, 4) is 0 Å². The Kier molecular flexibility index (Phi) is 8.71. The van der Waals surface area contributed by atoms with Gasteiger partial charge in [-0.1, -0.05) is 0 Å². The number of amides is 2. The first-order valence-corrected chi connectivity index (χ1v) is 7.83. The maximum Gasteiger partial charge on any atom is 0.309 e. The van der Waals surface area contributed by atoms with Crippen LogP contribution in [0.2, 0.25) is 0 Å². The van der Waals surface area contributed by atoms with Gasteiger partial charge in [-0.25, -0.2) is 4.79 Å². The van der Waals surface area contributed by atoms with Gasteiger partial charge in [0.15, 0.2) is 6.29 Å². The third-order valence-corrected chi connectivity index (χ3v) is 4.07. The van der Waals surface area contributed by atoms with Crippen molar-refractivity contribution < 1.29 is 59.9 Å². The number of carbonyl (C=O) groups excluding carboxylic acids is 1. The second-order valence-corrected chi connectivity index (χ2v) is 5.96. The van der Waals surface area contributed by atoms with E-state index < -0.39 is 80.7 Å². The minimum absolute atomic E-state index is 0.669. The molecule has 0 aromatic heterocycles. The molecule has 0 radical (unpaired) electrons. The van der Waals surface area contributed by atoms with Gasteiger partial charge in [0, 0.05) is 0 Å². The van der Waals surface area contributed by atoms with Crippen molar-refractivity contribution >= 4 is 6.03 Å². The molecular formula is C13H26N2O12. The van der Waals surface area contributed by atoms with E-state index in [0.717, 1.165) is 0 Å². The summed E-state index contributed by atoms with van der Waals surface area (Å²) in [5.74, 6) is -2.22. The molecule has 2 aliphatic rings. The van der Waals surface area contributed by atoms with Crippen molar-refractivity contribution in [2.75, 3.05) is 19.8 Å². The normalized spacial score (nSPS) is 44.4. The molecule has 0 spiro atoms. The molecule has 14 nitrogen and oxygen atoms in total. The molecule has 14 heteroatoms. The van der Waals surface area contributed by atoms with Crippen LogP contribution in [0.25, 0.3) is 0 Å². The molecule has 0 aliphatic carbocycles. The van der Waals surface area contributed by atoms with E-state index in [9.17, 15) is 30.6 Å². The first-order valence-electron chi connectivity index (χ1n) is 7.83. The highest BCUT2D eigenvalue weighted by molar-refractivity contribution is 5.69. The Morgan fingerprint density at radius 1 is 0.889 bits per heavy atom. The van der Waals surface area contributed by atoms with E-state index in [1.807, 2.05) is 0 Å². The molecule has 0 saturated carbocycles. The van der Waals surface area contributed by atoms with E-state index >= 15 is 0 Å². The molecule has 2 amide bonds. The van der Waals surface area contributed by atoms with Crippen LogP contribution in [0.3, 0.4) is 0 Å². The zero-order valence-corrected chi connectivity index (χ0v) is 14.1. The molecule has 2 fully saturated rings. The van der Waals surface area contributed by atoms with Crippen LogP contribution in [0, 0.1) is 0 Å². The molecule has 0 aromatic rings. The molecule has 12 N–H and O–H groups in total. The average Bonchev–Trinajstić information content (AvgIpc) is 2.86. The Bertz CT molecular complexity index is 478. The van der Waals surface area contributed by atoms with E-state index in [1.165, 1.54) is 0 Å². The van der Waals surface area contributed by atoms with Crippen molar-refractivity contribution in [2.45, 2.75) is 54.8 Å². The summed E-state index contributed by atoms with van der Waals surface area (Å²) >= 11 is 0. The van der Waals surface area contributed by atoms with Crippen molar-refractivity contribution in [1.29, 1.82) is 0 Å². The number of rotatable bonds is 5. The fourth-order valence-corrected chi connectivity index (χ4v) is 2.63. The zero-order chi connectivity index (χ0) is 20.9. The van der Waals surface area contributed by atoms with Crippen molar-refractivity contribution in [2.24, 2.45) is 11.5 Å². The number of aliphatic hydroxyl groups is 8. The van der Waals surface area contributed by atoms with Gasteiger partial charge >= 0.3 is 6.03 Å². The molecule has 0 bridgehead atoms. The number of nitrogens with two attached hydrogens (primary N) is 2. The number of primary amides is 2. The number of aliphatic hydroxyl groups excluding tert-OH is 8. The van der Waals surface area contributed by atoms with Gasteiger partial charge in [0.05, 0.1) is 13.2 Å². The monoisotopic (exact) mass is 402 g/mol. The lowest BCUT2D eigenvalue weighted by Gasteiger charge is -2.43. The Labute approximate surface area is 153 Å². The summed E-state index contributed by atoms with van der Waals surface area (Å²) in [6, 6.07) is -0.833. The van der Waals surface area contributed by atoms with E-state index in [4.69, 9.17) is 29.2 Å². The van der Waals surface area contributed by atoms with E-state index in [1.54, 1.807) is 0 Å². The van der Waals surface area contributed by atoms with Crippen LogP contribution in [0.4, 0.5) is 4.79 Å². The summed E-state index contributed by atoms with van der Waals surface area (Å²) in [5, 5.41) is 76.7. The number of ether oxygens (including phenoxy) is 3. The molecule has 2 rings (SSSR count). The molecule has 2 aliphatic heterocycles. The van der Waals surface area contributed by atoms with Crippen LogP contribution in [0.5, 0.6) is 0 Å². The highest BCUT2D eigenvalue weighted by Crippen LogP contribution is 2.35. The molecular weight excluding hydrogens is 376 g/mol. The summed E-state index contributed by atoms with van der Waals surface area (Å²) < 4.78 is 15.4. The summed E-state index contributed by atoms with van der Waals surface area (Å²) in [7, 11) is 0.